The SMILES string of the molecule is O=C(Sc1ccccc1)c1ccc2ncccc2c1. The highest BCUT2D eigenvalue weighted by molar-refractivity contribution is 8.14. The van der Waals surface area contributed by atoms with Crippen LogP contribution in [0.5, 0.6) is 0 Å². The van der Waals surface area contributed by atoms with Gasteiger partial charge in [0.1, 0.15) is 0 Å². The lowest BCUT2D eigenvalue weighted by molar-refractivity contribution is 0.108. The third-order valence-electron chi connectivity index (χ3n) is 2.79. The van der Waals surface area contributed by atoms with Gasteiger partial charge in [-0.05, 0) is 48.2 Å². The van der Waals surface area contributed by atoms with Gasteiger partial charge in [0.25, 0.3) is 0 Å². The summed E-state index contributed by atoms with van der Waals surface area (Å²) in [6, 6.07) is 19.1. The molecule has 0 saturated carbocycles. The molecule has 3 rings (SSSR count). The van der Waals surface area contributed by atoms with Crippen LogP contribution in [0.2, 0.25) is 0 Å². The zero-order valence-electron chi connectivity index (χ0n) is 10.1. The van der Waals surface area contributed by atoms with Crippen molar-refractivity contribution in [2.45, 2.75) is 4.90 Å². The Morgan fingerprint density at radius 2 is 1.79 bits per heavy atom. The molecular weight excluding hydrogens is 254 g/mol. The minimum Gasteiger partial charge on any atom is -0.281 e. The second kappa shape index (κ2) is 5.24. The molecule has 92 valence electrons. The van der Waals surface area contributed by atoms with Crippen LogP contribution in [-0.2, 0) is 0 Å². The fourth-order valence-corrected chi connectivity index (χ4v) is 2.61. The lowest BCUT2D eigenvalue weighted by Gasteiger charge is -2.02. The monoisotopic (exact) mass is 265 g/mol. The summed E-state index contributed by atoms with van der Waals surface area (Å²) in [4.78, 5) is 17.4. The number of hydrogen-bond acceptors (Lipinski definition) is 3. The summed E-state index contributed by atoms with van der Waals surface area (Å²) < 4.78 is 0. The van der Waals surface area contributed by atoms with Crippen molar-refractivity contribution in [2.24, 2.45) is 0 Å². The Labute approximate surface area is 115 Å². The van der Waals surface area contributed by atoms with Crippen molar-refractivity contribution in [2.75, 3.05) is 0 Å². The minimum atomic E-state index is 0.0527. The molecule has 0 N–H and O–H groups in total. The summed E-state index contributed by atoms with van der Waals surface area (Å²) in [5.41, 5.74) is 1.61. The van der Waals surface area contributed by atoms with Crippen molar-refractivity contribution in [1.82, 2.24) is 4.98 Å². The normalized spacial score (nSPS) is 10.5. The number of aromatic nitrogens is 1. The second-order valence-corrected chi connectivity index (χ2v) is 5.16. The Kier molecular flexibility index (Phi) is 3.29. The van der Waals surface area contributed by atoms with E-state index in [9.17, 15) is 4.79 Å². The van der Waals surface area contributed by atoms with Crippen molar-refractivity contribution < 1.29 is 4.79 Å². The Balaban J connectivity index is 1.89. The lowest BCUT2D eigenvalue weighted by atomic mass is 10.1. The van der Waals surface area contributed by atoms with Gasteiger partial charge in [0.15, 0.2) is 0 Å². The van der Waals surface area contributed by atoms with Gasteiger partial charge in [-0.25, -0.2) is 0 Å². The molecule has 0 spiro atoms. The first-order chi connectivity index (χ1) is 9.33. The number of fused-ring (bicyclic) bond motifs is 1. The molecule has 1 heterocycles. The standard InChI is InChI=1S/C16H11NOS/c18-16(19-14-6-2-1-3-7-14)13-8-9-15-12(11-13)5-4-10-17-15/h1-11H. The maximum absolute atomic E-state index is 12.2. The topological polar surface area (TPSA) is 30.0 Å². The molecule has 0 aliphatic rings. The van der Waals surface area contributed by atoms with E-state index in [1.165, 1.54) is 11.8 Å². The molecule has 0 aliphatic carbocycles. The molecule has 0 aliphatic heterocycles. The third-order valence-corrected chi connectivity index (χ3v) is 3.72. The molecule has 3 heteroatoms. The first kappa shape index (κ1) is 11.9. The number of pyridine rings is 1. The smallest absolute Gasteiger partial charge is 0.224 e. The Bertz CT molecular complexity index is 725. The fraction of sp³-hybridized carbons (Fsp3) is 0. The van der Waals surface area contributed by atoms with E-state index in [-0.39, 0.29) is 5.12 Å². The summed E-state index contributed by atoms with van der Waals surface area (Å²) in [7, 11) is 0. The average molecular weight is 265 g/mol. The number of benzene rings is 2. The Morgan fingerprint density at radius 1 is 0.947 bits per heavy atom. The molecule has 0 atom stereocenters. The van der Waals surface area contributed by atoms with Gasteiger partial charge in [-0.3, -0.25) is 9.78 Å². The van der Waals surface area contributed by atoms with Crippen LogP contribution in [0, 0.1) is 0 Å². The van der Waals surface area contributed by atoms with Crippen molar-refractivity contribution in [3.8, 4) is 0 Å². The predicted molar refractivity (Wildman–Crippen MR) is 78.4 cm³/mol. The molecule has 1 aromatic heterocycles. The molecule has 0 radical (unpaired) electrons. The van der Waals surface area contributed by atoms with E-state index in [1.807, 2.05) is 60.7 Å². The zero-order chi connectivity index (χ0) is 13.1. The molecule has 0 bridgehead atoms. The first-order valence-corrected chi connectivity index (χ1v) is 6.76. The number of thioether (sulfide) groups is 1. The number of nitrogens with zero attached hydrogens (tertiary/aromatic N) is 1. The molecule has 0 amide bonds. The largest absolute Gasteiger partial charge is 0.281 e. The van der Waals surface area contributed by atoms with Crippen LogP contribution in [0.4, 0.5) is 0 Å². The summed E-state index contributed by atoms with van der Waals surface area (Å²) in [5.74, 6) is 0. The Morgan fingerprint density at radius 3 is 2.63 bits per heavy atom. The number of carbonyl (C=O) groups excluding carboxylic acids is 1. The number of carbonyl (C=O) groups is 1. The van der Waals surface area contributed by atoms with Crippen LogP contribution in [0.15, 0.2) is 71.8 Å². The van der Waals surface area contributed by atoms with Crippen molar-refractivity contribution in [3.63, 3.8) is 0 Å². The van der Waals surface area contributed by atoms with E-state index in [0.29, 0.717) is 5.56 Å². The van der Waals surface area contributed by atoms with Crippen LogP contribution in [0.3, 0.4) is 0 Å². The van der Waals surface area contributed by atoms with Crippen molar-refractivity contribution in [1.29, 1.82) is 0 Å². The van der Waals surface area contributed by atoms with Gasteiger partial charge in [0.05, 0.1) is 5.52 Å². The maximum Gasteiger partial charge on any atom is 0.224 e. The molecular formula is C16H11NOS. The van der Waals surface area contributed by atoms with Crippen molar-refractivity contribution in [3.05, 3.63) is 72.4 Å². The van der Waals surface area contributed by atoms with Gasteiger partial charge in [-0.1, -0.05) is 24.3 Å². The van der Waals surface area contributed by atoms with Crippen LogP contribution in [-0.4, -0.2) is 10.1 Å². The molecule has 2 aromatic carbocycles. The quantitative estimate of drug-likeness (QED) is 0.651. The van der Waals surface area contributed by atoms with E-state index < -0.39 is 0 Å². The molecule has 2 nitrogen and oxygen atoms in total. The Hall–Kier alpha value is -2.13. The average Bonchev–Trinajstić information content (AvgIpc) is 2.48. The van der Waals surface area contributed by atoms with E-state index in [0.717, 1.165) is 15.8 Å². The van der Waals surface area contributed by atoms with Crippen molar-refractivity contribution >= 4 is 27.8 Å². The van der Waals surface area contributed by atoms with Crippen LogP contribution in [0.25, 0.3) is 10.9 Å². The summed E-state index contributed by atoms with van der Waals surface area (Å²) in [5, 5.41) is 1.04. The number of rotatable bonds is 2. The van der Waals surface area contributed by atoms with Gasteiger partial charge >= 0.3 is 0 Å². The number of hydrogen-bond donors (Lipinski definition) is 0. The molecule has 0 fully saturated rings. The third kappa shape index (κ3) is 2.66. The van der Waals surface area contributed by atoms with Gasteiger partial charge in [0, 0.05) is 22.0 Å². The first-order valence-electron chi connectivity index (χ1n) is 5.95. The zero-order valence-corrected chi connectivity index (χ0v) is 10.9. The maximum atomic E-state index is 12.2. The van der Waals surface area contributed by atoms with Gasteiger partial charge in [0.2, 0.25) is 5.12 Å². The molecule has 0 saturated heterocycles. The van der Waals surface area contributed by atoms with Gasteiger partial charge < -0.3 is 0 Å². The van der Waals surface area contributed by atoms with E-state index in [4.69, 9.17) is 0 Å². The van der Waals surface area contributed by atoms with Crippen LogP contribution < -0.4 is 0 Å². The van der Waals surface area contributed by atoms with E-state index in [2.05, 4.69) is 4.98 Å². The fourth-order valence-electron chi connectivity index (χ4n) is 1.86. The summed E-state index contributed by atoms with van der Waals surface area (Å²) in [6.45, 7) is 0. The van der Waals surface area contributed by atoms with Gasteiger partial charge in [-0.2, -0.15) is 0 Å². The van der Waals surface area contributed by atoms with Gasteiger partial charge in [-0.15, -0.1) is 0 Å². The molecule has 3 aromatic rings. The summed E-state index contributed by atoms with van der Waals surface area (Å²) >= 11 is 1.25. The highest BCUT2D eigenvalue weighted by Crippen LogP contribution is 2.24. The highest BCUT2D eigenvalue weighted by atomic mass is 32.2. The molecule has 19 heavy (non-hydrogen) atoms. The minimum absolute atomic E-state index is 0.0527. The van der Waals surface area contributed by atoms with E-state index in [1.54, 1.807) is 6.20 Å². The van der Waals surface area contributed by atoms with Crippen LogP contribution >= 0.6 is 11.8 Å². The predicted octanol–water partition coefficient (Wildman–Crippen LogP) is 4.17. The van der Waals surface area contributed by atoms with Crippen LogP contribution in [0.1, 0.15) is 10.4 Å². The molecule has 0 unspecified atom stereocenters. The van der Waals surface area contributed by atoms with E-state index >= 15 is 0 Å². The summed E-state index contributed by atoms with van der Waals surface area (Å²) in [6.07, 6.45) is 1.75. The highest BCUT2D eigenvalue weighted by Gasteiger charge is 2.08. The second-order valence-electron chi connectivity index (χ2n) is 4.11. The lowest BCUT2D eigenvalue weighted by Crippen LogP contribution is -1.93.